The summed E-state index contributed by atoms with van der Waals surface area (Å²) >= 11 is 0. The summed E-state index contributed by atoms with van der Waals surface area (Å²) in [5.41, 5.74) is 3.56. The zero-order valence-electron chi connectivity index (χ0n) is 14.4. The third-order valence-electron chi connectivity index (χ3n) is 4.31. The minimum absolute atomic E-state index is 0.800. The molecule has 3 rings (SSSR count). The summed E-state index contributed by atoms with van der Waals surface area (Å²) < 4.78 is 0. The molecule has 5 nitrogen and oxygen atoms in total. The van der Waals surface area contributed by atoms with Crippen LogP contribution >= 0.6 is 0 Å². The van der Waals surface area contributed by atoms with Crippen molar-refractivity contribution in [3.63, 3.8) is 0 Å². The normalized spacial score (nSPS) is 15.7. The predicted molar refractivity (Wildman–Crippen MR) is 95.7 cm³/mol. The van der Waals surface area contributed by atoms with Crippen molar-refractivity contribution in [2.24, 2.45) is 0 Å². The second-order valence-electron chi connectivity index (χ2n) is 6.39. The first kappa shape index (κ1) is 15.7. The highest BCUT2D eigenvalue weighted by Crippen LogP contribution is 2.23. The number of likely N-dealkylation sites (N-methyl/N-ethyl adjacent to an activating group) is 1. The van der Waals surface area contributed by atoms with E-state index in [2.05, 4.69) is 70.2 Å². The summed E-state index contributed by atoms with van der Waals surface area (Å²) in [4.78, 5) is 13.9. The zero-order valence-corrected chi connectivity index (χ0v) is 14.4. The van der Waals surface area contributed by atoms with Crippen LogP contribution in [-0.4, -0.2) is 48.1 Å². The number of rotatable bonds is 3. The molecule has 0 amide bonds. The van der Waals surface area contributed by atoms with Crippen LogP contribution in [-0.2, 0) is 0 Å². The van der Waals surface area contributed by atoms with Crippen LogP contribution in [0.5, 0.6) is 0 Å². The molecule has 1 saturated heterocycles. The second kappa shape index (κ2) is 6.54. The van der Waals surface area contributed by atoms with Crippen LogP contribution < -0.4 is 10.2 Å². The monoisotopic (exact) mass is 311 g/mol. The number of nitrogens with zero attached hydrogens (tertiary/aromatic N) is 4. The van der Waals surface area contributed by atoms with Crippen LogP contribution in [0.3, 0.4) is 0 Å². The van der Waals surface area contributed by atoms with Crippen molar-refractivity contribution in [1.82, 2.24) is 14.9 Å². The van der Waals surface area contributed by atoms with Gasteiger partial charge >= 0.3 is 0 Å². The van der Waals surface area contributed by atoms with E-state index < -0.39 is 0 Å². The lowest BCUT2D eigenvalue weighted by Crippen LogP contribution is -2.44. The highest BCUT2D eigenvalue weighted by molar-refractivity contribution is 5.63. The highest BCUT2D eigenvalue weighted by atomic mass is 15.3. The number of nitrogens with one attached hydrogen (secondary N) is 1. The van der Waals surface area contributed by atoms with Gasteiger partial charge in [-0.15, -0.1) is 0 Å². The Balaban J connectivity index is 1.84. The number of benzene rings is 1. The van der Waals surface area contributed by atoms with E-state index in [4.69, 9.17) is 0 Å². The van der Waals surface area contributed by atoms with E-state index in [-0.39, 0.29) is 0 Å². The van der Waals surface area contributed by atoms with E-state index in [1.807, 2.05) is 6.92 Å². The Morgan fingerprint density at radius 2 is 1.70 bits per heavy atom. The molecular weight excluding hydrogens is 286 g/mol. The maximum atomic E-state index is 4.62. The Bertz CT molecular complexity index is 690. The van der Waals surface area contributed by atoms with Gasteiger partial charge in [0.1, 0.15) is 17.5 Å². The first-order valence-electron chi connectivity index (χ1n) is 8.15. The van der Waals surface area contributed by atoms with E-state index in [9.17, 15) is 0 Å². The molecule has 0 aliphatic carbocycles. The molecule has 2 heterocycles. The van der Waals surface area contributed by atoms with Crippen LogP contribution in [0.2, 0.25) is 0 Å². The smallest absolute Gasteiger partial charge is 0.136 e. The van der Waals surface area contributed by atoms with Crippen molar-refractivity contribution >= 4 is 17.3 Å². The average molecular weight is 311 g/mol. The Morgan fingerprint density at radius 3 is 2.43 bits per heavy atom. The molecule has 1 aromatic heterocycles. The molecule has 2 aromatic rings. The third kappa shape index (κ3) is 3.79. The number of hydrogen-bond donors (Lipinski definition) is 1. The van der Waals surface area contributed by atoms with Gasteiger partial charge in [-0.25, -0.2) is 9.97 Å². The van der Waals surface area contributed by atoms with Gasteiger partial charge in [-0.05, 0) is 45.0 Å². The summed E-state index contributed by atoms with van der Waals surface area (Å²) in [5, 5.41) is 3.45. The van der Waals surface area contributed by atoms with Gasteiger partial charge in [0.05, 0.1) is 0 Å². The van der Waals surface area contributed by atoms with Crippen LogP contribution in [0.4, 0.5) is 17.3 Å². The predicted octanol–water partition coefficient (Wildman–Crippen LogP) is 2.90. The first-order valence-corrected chi connectivity index (χ1v) is 8.15. The number of anilines is 3. The van der Waals surface area contributed by atoms with Gasteiger partial charge in [0.2, 0.25) is 0 Å². The maximum Gasteiger partial charge on any atom is 0.136 e. The Morgan fingerprint density at radius 1 is 0.957 bits per heavy atom. The molecule has 0 bridgehead atoms. The molecule has 1 N–H and O–H groups in total. The Labute approximate surface area is 138 Å². The molecule has 0 atom stereocenters. The average Bonchev–Trinajstić information content (AvgIpc) is 2.51. The lowest BCUT2D eigenvalue weighted by molar-refractivity contribution is 0.312. The molecule has 1 aliphatic rings. The van der Waals surface area contributed by atoms with Crippen LogP contribution in [0.1, 0.15) is 17.0 Å². The Hall–Kier alpha value is -2.14. The molecule has 1 aromatic carbocycles. The third-order valence-corrected chi connectivity index (χ3v) is 4.31. The fraction of sp³-hybridized carbons (Fsp3) is 0.444. The number of aryl methyl sites for hydroxylation is 3. The van der Waals surface area contributed by atoms with Crippen molar-refractivity contribution in [1.29, 1.82) is 0 Å². The van der Waals surface area contributed by atoms with Gasteiger partial charge in [0.15, 0.2) is 0 Å². The van der Waals surface area contributed by atoms with E-state index >= 15 is 0 Å². The lowest BCUT2D eigenvalue weighted by atomic mass is 10.1. The van der Waals surface area contributed by atoms with Crippen molar-refractivity contribution in [2.45, 2.75) is 20.8 Å². The van der Waals surface area contributed by atoms with Crippen LogP contribution in [0.25, 0.3) is 0 Å². The minimum Gasteiger partial charge on any atom is -0.354 e. The van der Waals surface area contributed by atoms with E-state index in [0.717, 1.165) is 49.3 Å². The van der Waals surface area contributed by atoms with Crippen molar-refractivity contribution in [2.75, 3.05) is 43.4 Å². The SMILES string of the molecule is Cc1ccc(C)c(Nc2cc(N3CCN(C)CC3)nc(C)n2)c1. The van der Waals surface area contributed by atoms with Crippen molar-refractivity contribution < 1.29 is 0 Å². The highest BCUT2D eigenvalue weighted by Gasteiger charge is 2.16. The van der Waals surface area contributed by atoms with Crippen LogP contribution in [0, 0.1) is 20.8 Å². The summed E-state index contributed by atoms with van der Waals surface area (Å²) in [6.45, 7) is 10.3. The molecule has 0 spiro atoms. The van der Waals surface area contributed by atoms with Crippen molar-refractivity contribution in [3.8, 4) is 0 Å². The number of aromatic nitrogens is 2. The second-order valence-corrected chi connectivity index (χ2v) is 6.39. The molecule has 1 fully saturated rings. The lowest BCUT2D eigenvalue weighted by Gasteiger charge is -2.33. The quantitative estimate of drug-likeness (QED) is 0.944. The first-order chi connectivity index (χ1) is 11.0. The number of hydrogen-bond acceptors (Lipinski definition) is 5. The minimum atomic E-state index is 0.800. The van der Waals surface area contributed by atoms with Crippen LogP contribution in [0.15, 0.2) is 24.3 Å². The fourth-order valence-electron chi connectivity index (χ4n) is 2.82. The number of piperazine rings is 1. The van der Waals surface area contributed by atoms with Crippen molar-refractivity contribution in [3.05, 3.63) is 41.2 Å². The molecule has 1 aliphatic heterocycles. The van der Waals surface area contributed by atoms with E-state index in [1.54, 1.807) is 0 Å². The van der Waals surface area contributed by atoms with E-state index in [1.165, 1.54) is 11.1 Å². The van der Waals surface area contributed by atoms with Gasteiger partial charge in [0.25, 0.3) is 0 Å². The van der Waals surface area contributed by atoms with Gasteiger partial charge in [-0.3, -0.25) is 0 Å². The summed E-state index contributed by atoms with van der Waals surface area (Å²) in [6.07, 6.45) is 0. The summed E-state index contributed by atoms with van der Waals surface area (Å²) in [5.74, 6) is 2.67. The standard InChI is InChI=1S/C18H25N5/c1-13-5-6-14(2)16(11-13)21-17-12-18(20-15(3)19-17)23-9-7-22(4)8-10-23/h5-6,11-12H,7-10H2,1-4H3,(H,19,20,21). The molecule has 5 heteroatoms. The van der Waals surface area contributed by atoms with E-state index in [0.29, 0.717) is 0 Å². The Kier molecular flexibility index (Phi) is 4.48. The topological polar surface area (TPSA) is 44.3 Å². The molecule has 0 radical (unpaired) electrons. The van der Waals surface area contributed by atoms with Gasteiger partial charge in [-0.2, -0.15) is 0 Å². The zero-order chi connectivity index (χ0) is 16.4. The fourth-order valence-corrected chi connectivity index (χ4v) is 2.82. The van der Waals surface area contributed by atoms with Gasteiger partial charge < -0.3 is 15.1 Å². The summed E-state index contributed by atoms with van der Waals surface area (Å²) in [7, 11) is 2.16. The molecule has 0 unspecified atom stereocenters. The molecule has 0 saturated carbocycles. The molecular formula is C18H25N5. The van der Waals surface area contributed by atoms with Gasteiger partial charge in [-0.1, -0.05) is 12.1 Å². The largest absolute Gasteiger partial charge is 0.354 e. The molecule has 122 valence electrons. The van der Waals surface area contributed by atoms with Gasteiger partial charge in [0, 0.05) is 37.9 Å². The summed E-state index contributed by atoms with van der Waals surface area (Å²) in [6, 6.07) is 8.47. The maximum absolute atomic E-state index is 4.62. The molecule has 23 heavy (non-hydrogen) atoms.